The van der Waals surface area contributed by atoms with Gasteiger partial charge in [-0.25, -0.2) is 17.2 Å². The van der Waals surface area contributed by atoms with Crippen molar-refractivity contribution in [2.24, 2.45) is 0 Å². The molecule has 1 fully saturated rings. The maximum Gasteiger partial charge on any atom is 0.338 e. The highest BCUT2D eigenvalue weighted by molar-refractivity contribution is 7.92. The minimum atomic E-state index is -3.56. The van der Waals surface area contributed by atoms with Crippen LogP contribution in [-0.2, 0) is 16.6 Å². The second-order valence-corrected chi connectivity index (χ2v) is 11.6. The molecule has 0 aliphatic carbocycles. The van der Waals surface area contributed by atoms with Crippen LogP contribution >= 0.6 is 11.5 Å². The molecule has 11 nitrogen and oxygen atoms in total. The normalized spacial score (nSPS) is 15.7. The third-order valence-corrected chi connectivity index (χ3v) is 7.43. The van der Waals surface area contributed by atoms with Crippen molar-refractivity contribution < 1.29 is 18.6 Å². The minimum absolute atomic E-state index is 0.0318. The van der Waals surface area contributed by atoms with Crippen molar-refractivity contribution in [3.63, 3.8) is 0 Å². The van der Waals surface area contributed by atoms with Gasteiger partial charge in [-0.2, -0.15) is 0 Å². The van der Waals surface area contributed by atoms with E-state index in [1.807, 2.05) is 24.3 Å². The molecule has 2 aromatic carbocycles. The molecule has 1 aromatic heterocycles. The van der Waals surface area contributed by atoms with Gasteiger partial charge in [-0.1, -0.05) is 18.2 Å². The molecule has 1 aliphatic rings. The number of phenolic OH excluding ortho intramolecular Hbond substituents is 1. The van der Waals surface area contributed by atoms with Crippen molar-refractivity contribution in [1.82, 2.24) is 14.3 Å². The number of hydrogen-bond donors (Lipinski definition) is 5. The van der Waals surface area contributed by atoms with Crippen LogP contribution in [0.4, 0.5) is 11.4 Å². The van der Waals surface area contributed by atoms with E-state index in [1.54, 1.807) is 6.07 Å². The molecule has 0 bridgehead atoms. The maximum absolute atomic E-state index is 11.7. The molecule has 0 amide bonds. The molecule has 0 saturated carbocycles. The van der Waals surface area contributed by atoms with Gasteiger partial charge in [-0.15, -0.1) is 0 Å². The summed E-state index contributed by atoms with van der Waals surface area (Å²) in [5.74, 6) is -0.208. The summed E-state index contributed by atoms with van der Waals surface area (Å²) in [5.41, 5.74) is 2.15. The highest BCUT2D eigenvalue weighted by Crippen LogP contribution is 2.28. The largest absolute Gasteiger partial charge is 0.506 e. The van der Waals surface area contributed by atoms with E-state index in [1.165, 1.54) is 16.1 Å². The number of aromatic amines is 1. The molecule has 0 unspecified atom stereocenters. The number of benzene rings is 2. The second-order valence-electron chi connectivity index (χ2n) is 8.85. The summed E-state index contributed by atoms with van der Waals surface area (Å²) >= 11 is 0.869. The molecule has 2 heterocycles. The lowest BCUT2D eigenvalue weighted by atomic mass is 10.0. The van der Waals surface area contributed by atoms with Crippen LogP contribution in [-0.4, -0.2) is 59.5 Å². The van der Waals surface area contributed by atoms with Crippen LogP contribution in [0.5, 0.6) is 5.75 Å². The van der Waals surface area contributed by atoms with Gasteiger partial charge in [0.05, 0.1) is 24.6 Å². The van der Waals surface area contributed by atoms with Crippen molar-refractivity contribution in [3.05, 3.63) is 73.7 Å². The molecule has 4 rings (SSSR count). The Morgan fingerprint density at radius 1 is 1.14 bits per heavy atom. The number of rotatable bonds is 9. The first-order valence-corrected chi connectivity index (χ1v) is 14.1. The minimum Gasteiger partial charge on any atom is -0.506 e. The molecule has 1 saturated heterocycles. The number of aromatic hydroxyl groups is 1. The van der Waals surface area contributed by atoms with E-state index in [0.717, 1.165) is 55.0 Å². The van der Waals surface area contributed by atoms with E-state index < -0.39 is 21.8 Å². The number of aliphatic hydroxyl groups is 1. The standard InChI is InChI=1S/C23H29N5O6S2/c1-36(33,34)26-19-12-16(4-7-20(19)29)21(30)13-24-17-8-10-27(11-9-17)18-5-2-15(3-6-18)14-28-22(31)25-23(32)35-28/h2-7,12,17,21,24,26,29-30H,8-11,13-14H2,1H3,(H,25,31,32)/t21-/m0/s1. The number of sulfonamides is 1. The van der Waals surface area contributed by atoms with Gasteiger partial charge in [-0.05, 0) is 48.2 Å². The van der Waals surface area contributed by atoms with Crippen LogP contribution in [0, 0.1) is 0 Å². The van der Waals surface area contributed by atoms with E-state index in [-0.39, 0.29) is 22.4 Å². The van der Waals surface area contributed by atoms with Gasteiger partial charge in [0.15, 0.2) is 0 Å². The zero-order valence-corrected chi connectivity index (χ0v) is 21.3. The number of aromatic nitrogens is 2. The number of nitrogens with zero attached hydrogens (tertiary/aromatic N) is 2. The van der Waals surface area contributed by atoms with Crippen molar-refractivity contribution in [3.8, 4) is 5.75 Å². The molecule has 1 aliphatic heterocycles. The van der Waals surface area contributed by atoms with Gasteiger partial charge in [-0.3, -0.25) is 14.5 Å². The number of piperidine rings is 1. The quantitative estimate of drug-likeness (QED) is 0.254. The lowest BCUT2D eigenvalue weighted by Crippen LogP contribution is -2.43. The van der Waals surface area contributed by atoms with E-state index in [2.05, 4.69) is 19.9 Å². The number of phenols is 1. The Morgan fingerprint density at radius 3 is 2.44 bits per heavy atom. The van der Waals surface area contributed by atoms with Gasteiger partial charge in [0.2, 0.25) is 10.0 Å². The van der Waals surface area contributed by atoms with Crippen LogP contribution in [0.15, 0.2) is 52.1 Å². The first-order chi connectivity index (χ1) is 17.1. The van der Waals surface area contributed by atoms with Crippen molar-refractivity contribution in [1.29, 1.82) is 0 Å². The highest BCUT2D eigenvalue weighted by atomic mass is 32.2. The van der Waals surface area contributed by atoms with Crippen LogP contribution in [0.1, 0.15) is 30.1 Å². The molecule has 3 aromatic rings. The number of H-pyrrole nitrogens is 1. The Kier molecular flexibility index (Phi) is 7.83. The topological polar surface area (TPSA) is 157 Å². The second kappa shape index (κ2) is 10.9. The fraction of sp³-hybridized carbons (Fsp3) is 0.391. The monoisotopic (exact) mass is 535 g/mol. The van der Waals surface area contributed by atoms with Crippen LogP contribution in [0.2, 0.25) is 0 Å². The first kappa shape index (κ1) is 25.9. The Hall–Kier alpha value is -3.13. The molecule has 0 radical (unpaired) electrons. The number of hydrogen-bond acceptors (Lipinski definition) is 9. The average Bonchev–Trinajstić information content (AvgIpc) is 3.15. The zero-order valence-electron chi connectivity index (χ0n) is 19.7. The third kappa shape index (κ3) is 6.75. The fourth-order valence-electron chi connectivity index (χ4n) is 4.18. The Labute approximate surface area is 212 Å². The predicted octanol–water partition coefficient (Wildman–Crippen LogP) is 1.02. The van der Waals surface area contributed by atoms with Gasteiger partial charge in [0.25, 0.3) is 0 Å². The van der Waals surface area contributed by atoms with Crippen LogP contribution < -0.4 is 25.5 Å². The first-order valence-electron chi connectivity index (χ1n) is 11.4. The summed E-state index contributed by atoms with van der Waals surface area (Å²) in [7, 11) is -3.56. The molecule has 36 heavy (non-hydrogen) atoms. The van der Waals surface area contributed by atoms with E-state index in [9.17, 15) is 28.2 Å². The molecule has 5 N–H and O–H groups in total. The van der Waals surface area contributed by atoms with Crippen molar-refractivity contribution in [2.45, 2.75) is 31.5 Å². The van der Waals surface area contributed by atoms with Crippen molar-refractivity contribution >= 4 is 32.9 Å². The fourth-order valence-corrected chi connectivity index (χ4v) is 5.41. The van der Waals surface area contributed by atoms with Gasteiger partial charge in [0.1, 0.15) is 5.75 Å². The molecular formula is C23H29N5O6S2. The van der Waals surface area contributed by atoms with E-state index in [0.29, 0.717) is 18.7 Å². The zero-order chi connectivity index (χ0) is 25.9. The lowest BCUT2D eigenvalue weighted by molar-refractivity contribution is 0.167. The summed E-state index contributed by atoms with van der Waals surface area (Å²) in [5, 5.41) is 23.8. The molecule has 0 spiro atoms. The molecular weight excluding hydrogens is 506 g/mol. The van der Waals surface area contributed by atoms with Gasteiger partial charge < -0.3 is 20.4 Å². The number of anilines is 2. The molecule has 1 atom stereocenters. The smallest absolute Gasteiger partial charge is 0.338 e. The number of nitrogens with one attached hydrogen (secondary N) is 3. The van der Waals surface area contributed by atoms with Crippen LogP contribution in [0.25, 0.3) is 0 Å². The summed E-state index contributed by atoms with van der Waals surface area (Å²) < 4.78 is 26.6. The van der Waals surface area contributed by atoms with Gasteiger partial charge >= 0.3 is 10.6 Å². The average molecular weight is 536 g/mol. The number of aliphatic hydroxyl groups excluding tert-OH is 1. The van der Waals surface area contributed by atoms with Gasteiger partial charge in [0, 0.05) is 42.9 Å². The maximum atomic E-state index is 11.7. The summed E-state index contributed by atoms with van der Waals surface area (Å²) in [6.07, 6.45) is 1.91. The van der Waals surface area contributed by atoms with E-state index in [4.69, 9.17) is 0 Å². The molecule has 13 heteroatoms. The SMILES string of the molecule is CS(=O)(=O)Nc1cc([C@@H](O)CNC2CCN(c3ccc(Cn4sc(=O)[nH]c4=O)cc3)CC2)ccc1O. The van der Waals surface area contributed by atoms with Crippen molar-refractivity contribution in [2.75, 3.05) is 35.5 Å². The molecule has 194 valence electrons. The third-order valence-electron chi connectivity index (χ3n) is 6.05. The lowest BCUT2D eigenvalue weighted by Gasteiger charge is -2.34. The summed E-state index contributed by atoms with van der Waals surface area (Å²) in [6, 6.07) is 12.5. The summed E-state index contributed by atoms with van der Waals surface area (Å²) in [6.45, 7) is 2.33. The predicted molar refractivity (Wildman–Crippen MR) is 140 cm³/mol. The van der Waals surface area contributed by atoms with E-state index >= 15 is 0 Å². The highest BCUT2D eigenvalue weighted by Gasteiger charge is 2.21. The Balaban J connectivity index is 1.27. The van der Waals surface area contributed by atoms with Crippen LogP contribution in [0.3, 0.4) is 0 Å². The Morgan fingerprint density at radius 2 is 1.83 bits per heavy atom. The Bertz CT molecular complexity index is 1410. The summed E-state index contributed by atoms with van der Waals surface area (Å²) in [4.78, 5) is 27.2.